The molecule has 1 heterocycles. The molecular formula is C13H13BrN2O. The first-order valence-electron chi connectivity index (χ1n) is 5.35. The molecule has 0 radical (unpaired) electrons. The van der Waals surface area contributed by atoms with Crippen LogP contribution in [0.3, 0.4) is 0 Å². The highest BCUT2D eigenvalue weighted by atomic mass is 79.9. The Bertz CT molecular complexity index is 543. The number of benzene rings is 1. The third-order valence-corrected chi connectivity index (χ3v) is 3.33. The Balaban J connectivity index is 2.30. The molecule has 88 valence electrons. The van der Waals surface area contributed by atoms with Crippen molar-refractivity contribution in [3.63, 3.8) is 0 Å². The van der Waals surface area contributed by atoms with Gasteiger partial charge >= 0.3 is 0 Å². The summed E-state index contributed by atoms with van der Waals surface area (Å²) in [6.45, 7) is 4.46. The molecule has 2 aromatic rings. The van der Waals surface area contributed by atoms with Crippen molar-refractivity contribution in [2.75, 3.05) is 0 Å². The first-order chi connectivity index (χ1) is 8.11. The second-order valence-corrected chi connectivity index (χ2v) is 4.90. The van der Waals surface area contributed by atoms with Crippen LogP contribution in [0.25, 0.3) is 0 Å². The summed E-state index contributed by atoms with van der Waals surface area (Å²) in [7, 11) is 0. The van der Waals surface area contributed by atoms with E-state index in [2.05, 4.69) is 21.0 Å². The Labute approximate surface area is 109 Å². The number of halogens is 1. The second kappa shape index (κ2) is 4.84. The molecule has 17 heavy (non-hydrogen) atoms. The number of aldehydes is 1. The van der Waals surface area contributed by atoms with Crippen LogP contribution in [0.15, 0.2) is 28.7 Å². The van der Waals surface area contributed by atoms with E-state index in [1.165, 1.54) is 0 Å². The quantitative estimate of drug-likeness (QED) is 0.815. The summed E-state index contributed by atoms with van der Waals surface area (Å²) in [5.74, 6) is 0. The molecule has 1 aromatic heterocycles. The Morgan fingerprint density at radius 2 is 1.94 bits per heavy atom. The molecule has 0 fully saturated rings. The van der Waals surface area contributed by atoms with E-state index in [1.807, 2.05) is 42.8 Å². The highest BCUT2D eigenvalue weighted by molar-refractivity contribution is 9.10. The molecule has 0 aliphatic carbocycles. The van der Waals surface area contributed by atoms with Crippen LogP contribution in [0.5, 0.6) is 0 Å². The van der Waals surface area contributed by atoms with E-state index in [0.29, 0.717) is 12.1 Å². The maximum Gasteiger partial charge on any atom is 0.153 e. The van der Waals surface area contributed by atoms with Crippen molar-refractivity contribution in [1.82, 2.24) is 9.78 Å². The van der Waals surface area contributed by atoms with Crippen LogP contribution in [-0.2, 0) is 6.54 Å². The topological polar surface area (TPSA) is 34.9 Å². The highest BCUT2D eigenvalue weighted by Gasteiger charge is 2.10. The van der Waals surface area contributed by atoms with Gasteiger partial charge in [-0.05, 0) is 31.5 Å². The molecule has 0 amide bonds. The van der Waals surface area contributed by atoms with Gasteiger partial charge in [-0.1, -0.05) is 28.1 Å². The van der Waals surface area contributed by atoms with Gasteiger partial charge in [0.05, 0.1) is 17.8 Å². The number of hydrogen-bond donors (Lipinski definition) is 0. The molecule has 0 aliphatic rings. The number of nitrogens with zero attached hydrogens (tertiary/aromatic N) is 2. The fraction of sp³-hybridized carbons (Fsp3) is 0.231. The Morgan fingerprint density at radius 1 is 1.29 bits per heavy atom. The van der Waals surface area contributed by atoms with Crippen LogP contribution >= 0.6 is 15.9 Å². The minimum atomic E-state index is 0.688. The molecule has 0 N–H and O–H groups in total. The summed E-state index contributed by atoms with van der Waals surface area (Å²) in [6.07, 6.45) is 0.871. The zero-order valence-electron chi connectivity index (χ0n) is 9.77. The van der Waals surface area contributed by atoms with Gasteiger partial charge in [0.15, 0.2) is 6.29 Å². The molecule has 0 bridgehead atoms. The summed E-state index contributed by atoms with van der Waals surface area (Å²) in [4.78, 5) is 10.9. The number of carbonyl (C=O) groups excluding carboxylic acids is 1. The molecule has 0 spiro atoms. The molecule has 3 nitrogen and oxygen atoms in total. The molecule has 1 aromatic carbocycles. The third-order valence-electron chi connectivity index (χ3n) is 2.80. The predicted molar refractivity (Wildman–Crippen MR) is 70.3 cm³/mol. The lowest BCUT2D eigenvalue weighted by Crippen LogP contribution is -2.04. The van der Waals surface area contributed by atoms with Crippen LogP contribution in [0.2, 0.25) is 0 Å². The molecule has 2 rings (SSSR count). The fourth-order valence-corrected chi connectivity index (χ4v) is 2.06. The summed E-state index contributed by atoms with van der Waals surface area (Å²) >= 11 is 3.40. The highest BCUT2D eigenvalue weighted by Crippen LogP contribution is 2.15. The molecule has 0 aliphatic heterocycles. The average Bonchev–Trinajstić information content (AvgIpc) is 2.57. The standard InChI is InChI=1S/C13H13BrN2O/c1-9-13(8-17)10(2)16(15-9)7-11-3-5-12(14)6-4-11/h3-6,8H,7H2,1-2H3. The zero-order chi connectivity index (χ0) is 12.4. The summed E-state index contributed by atoms with van der Waals surface area (Å²) in [5, 5.41) is 4.37. The van der Waals surface area contributed by atoms with Crippen LogP contribution < -0.4 is 0 Å². The van der Waals surface area contributed by atoms with E-state index in [9.17, 15) is 4.79 Å². The molecule has 4 heteroatoms. The molecule has 0 atom stereocenters. The molecule has 0 saturated carbocycles. The SMILES string of the molecule is Cc1nn(Cc2ccc(Br)cc2)c(C)c1C=O. The lowest BCUT2D eigenvalue weighted by atomic mass is 10.2. The van der Waals surface area contributed by atoms with Crippen molar-refractivity contribution < 1.29 is 4.79 Å². The molecule has 0 unspecified atom stereocenters. The van der Waals surface area contributed by atoms with E-state index < -0.39 is 0 Å². The maximum atomic E-state index is 10.9. The predicted octanol–water partition coefficient (Wildman–Crippen LogP) is 3.12. The molecular weight excluding hydrogens is 280 g/mol. The Kier molecular flexibility index (Phi) is 3.43. The normalized spacial score (nSPS) is 10.5. The van der Waals surface area contributed by atoms with Gasteiger partial charge < -0.3 is 0 Å². The van der Waals surface area contributed by atoms with Crippen molar-refractivity contribution in [3.05, 3.63) is 51.3 Å². The van der Waals surface area contributed by atoms with Crippen molar-refractivity contribution in [2.24, 2.45) is 0 Å². The Hall–Kier alpha value is -1.42. The van der Waals surface area contributed by atoms with Gasteiger partial charge in [-0.25, -0.2) is 0 Å². The van der Waals surface area contributed by atoms with Crippen molar-refractivity contribution in [3.8, 4) is 0 Å². The fourth-order valence-electron chi connectivity index (χ4n) is 1.80. The first-order valence-corrected chi connectivity index (χ1v) is 6.14. The van der Waals surface area contributed by atoms with Gasteiger partial charge in [0.2, 0.25) is 0 Å². The Morgan fingerprint density at radius 3 is 2.47 bits per heavy atom. The first kappa shape index (κ1) is 12.0. The van der Waals surface area contributed by atoms with E-state index in [1.54, 1.807) is 0 Å². The number of hydrogen-bond acceptors (Lipinski definition) is 2. The van der Waals surface area contributed by atoms with Crippen molar-refractivity contribution >= 4 is 22.2 Å². The van der Waals surface area contributed by atoms with Crippen molar-refractivity contribution in [2.45, 2.75) is 20.4 Å². The van der Waals surface area contributed by atoms with Crippen LogP contribution in [0.1, 0.15) is 27.3 Å². The number of aromatic nitrogens is 2. The van der Waals surface area contributed by atoms with Gasteiger partial charge in [-0.3, -0.25) is 9.48 Å². The van der Waals surface area contributed by atoms with Gasteiger partial charge in [0.1, 0.15) is 0 Å². The number of carbonyl (C=O) groups is 1. The van der Waals surface area contributed by atoms with Crippen LogP contribution in [0.4, 0.5) is 0 Å². The van der Waals surface area contributed by atoms with Crippen molar-refractivity contribution in [1.29, 1.82) is 0 Å². The second-order valence-electron chi connectivity index (χ2n) is 3.99. The number of rotatable bonds is 3. The van der Waals surface area contributed by atoms with E-state index in [-0.39, 0.29) is 0 Å². The lowest BCUT2D eigenvalue weighted by Gasteiger charge is -2.04. The van der Waals surface area contributed by atoms with E-state index in [0.717, 1.165) is 27.7 Å². The van der Waals surface area contributed by atoms with Gasteiger partial charge in [-0.15, -0.1) is 0 Å². The third kappa shape index (κ3) is 2.47. The lowest BCUT2D eigenvalue weighted by molar-refractivity contribution is 0.112. The van der Waals surface area contributed by atoms with E-state index >= 15 is 0 Å². The van der Waals surface area contributed by atoms with Crippen LogP contribution in [0, 0.1) is 13.8 Å². The average molecular weight is 293 g/mol. The minimum absolute atomic E-state index is 0.688. The van der Waals surface area contributed by atoms with Crippen LogP contribution in [-0.4, -0.2) is 16.1 Å². The van der Waals surface area contributed by atoms with Gasteiger partial charge in [0.25, 0.3) is 0 Å². The monoisotopic (exact) mass is 292 g/mol. The smallest absolute Gasteiger partial charge is 0.153 e. The summed E-state index contributed by atoms with van der Waals surface area (Å²) < 4.78 is 2.92. The zero-order valence-corrected chi connectivity index (χ0v) is 11.4. The largest absolute Gasteiger partial charge is 0.298 e. The number of aryl methyl sites for hydroxylation is 1. The van der Waals surface area contributed by atoms with E-state index in [4.69, 9.17) is 0 Å². The van der Waals surface area contributed by atoms with Gasteiger partial charge in [-0.2, -0.15) is 5.10 Å². The van der Waals surface area contributed by atoms with Gasteiger partial charge in [0, 0.05) is 10.2 Å². The minimum Gasteiger partial charge on any atom is -0.298 e. The maximum absolute atomic E-state index is 10.9. The summed E-state index contributed by atoms with van der Waals surface area (Å²) in [6, 6.07) is 8.09. The molecule has 0 saturated heterocycles. The summed E-state index contributed by atoms with van der Waals surface area (Å²) in [5.41, 5.74) is 3.56.